The Labute approximate surface area is 84.1 Å². The van der Waals surface area contributed by atoms with Crippen LogP contribution in [0.4, 0.5) is 8.78 Å². The summed E-state index contributed by atoms with van der Waals surface area (Å²) in [6, 6.07) is 2.92. The van der Waals surface area contributed by atoms with E-state index in [1.54, 1.807) is 0 Å². The van der Waals surface area contributed by atoms with E-state index in [1.165, 1.54) is 0 Å². The molecular weight excluding hydrogens is 214 g/mol. The zero-order chi connectivity index (χ0) is 10.9. The number of carbonyl (C=O) groups is 1. The summed E-state index contributed by atoms with van der Waals surface area (Å²) in [5.74, 6) is -2.43. The fourth-order valence-corrected chi connectivity index (χ4v) is 1.27. The van der Waals surface area contributed by atoms with Gasteiger partial charge in [0.15, 0.2) is 0 Å². The van der Waals surface area contributed by atoms with Crippen molar-refractivity contribution in [2.75, 3.05) is 0 Å². The third-order valence-electron chi connectivity index (χ3n) is 1.84. The van der Waals surface area contributed by atoms with Crippen molar-refractivity contribution in [3.63, 3.8) is 0 Å². The second kappa shape index (κ2) is 3.53. The van der Waals surface area contributed by atoms with Crippen LogP contribution in [0.5, 0.6) is 0 Å². The third kappa shape index (κ3) is 1.85. The van der Waals surface area contributed by atoms with E-state index in [1.807, 2.05) is 0 Å². The first-order valence-electron chi connectivity index (χ1n) is 3.73. The minimum atomic E-state index is -2.68. The predicted molar refractivity (Wildman–Crippen MR) is 47.5 cm³/mol. The van der Waals surface area contributed by atoms with Crippen LogP contribution in [0.2, 0.25) is 5.02 Å². The van der Waals surface area contributed by atoms with E-state index >= 15 is 0 Å². The molecule has 0 aliphatic rings. The standard InChI is InChI=1S/C9H7ClF2O2/c1-9(12,8(13)14)6-4-5(11)2-3-7(6)10/h2-4H,1H3,(H,13,14). The zero-order valence-corrected chi connectivity index (χ0v) is 7.98. The smallest absolute Gasteiger partial charge is 0.345 e. The highest BCUT2D eigenvalue weighted by atomic mass is 35.5. The molecule has 5 heteroatoms. The Bertz CT molecular complexity index is 377. The summed E-state index contributed by atoms with van der Waals surface area (Å²) in [6.45, 7) is 0.815. The van der Waals surface area contributed by atoms with Gasteiger partial charge in [-0.15, -0.1) is 0 Å². The zero-order valence-electron chi connectivity index (χ0n) is 7.22. The van der Waals surface area contributed by atoms with Crippen molar-refractivity contribution in [1.29, 1.82) is 0 Å². The number of rotatable bonds is 2. The van der Waals surface area contributed by atoms with Gasteiger partial charge < -0.3 is 5.11 Å². The lowest BCUT2D eigenvalue weighted by molar-refractivity contribution is -0.150. The molecule has 0 saturated heterocycles. The summed E-state index contributed by atoms with van der Waals surface area (Å²) in [6.07, 6.45) is 0. The third-order valence-corrected chi connectivity index (χ3v) is 2.17. The molecule has 0 aliphatic heterocycles. The summed E-state index contributed by atoms with van der Waals surface area (Å²) in [5, 5.41) is 8.44. The lowest BCUT2D eigenvalue weighted by Crippen LogP contribution is -2.27. The van der Waals surface area contributed by atoms with Crippen molar-refractivity contribution in [3.05, 3.63) is 34.6 Å². The maximum atomic E-state index is 13.5. The number of benzene rings is 1. The molecule has 14 heavy (non-hydrogen) atoms. The van der Waals surface area contributed by atoms with E-state index in [4.69, 9.17) is 16.7 Å². The molecule has 2 nitrogen and oxygen atoms in total. The van der Waals surface area contributed by atoms with Crippen molar-refractivity contribution in [1.82, 2.24) is 0 Å². The molecule has 1 aromatic rings. The van der Waals surface area contributed by atoms with Gasteiger partial charge in [-0.1, -0.05) is 11.6 Å². The van der Waals surface area contributed by atoms with Crippen molar-refractivity contribution < 1.29 is 18.7 Å². The number of carboxylic acid groups (broad SMARTS) is 1. The molecule has 0 aliphatic carbocycles. The van der Waals surface area contributed by atoms with Crippen molar-refractivity contribution in [3.8, 4) is 0 Å². The number of alkyl halides is 1. The van der Waals surface area contributed by atoms with Crippen molar-refractivity contribution >= 4 is 17.6 Å². The number of hydrogen-bond acceptors (Lipinski definition) is 1. The summed E-state index contributed by atoms with van der Waals surface area (Å²) in [4.78, 5) is 10.5. The van der Waals surface area contributed by atoms with Crippen LogP contribution in [0.1, 0.15) is 12.5 Å². The summed E-state index contributed by atoms with van der Waals surface area (Å²) < 4.78 is 26.3. The average molecular weight is 221 g/mol. The molecule has 0 fully saturated rings. The summed E-state index contributed by atoms with van der Waals surface area (Å²) >= 11 is 5.55. The molecule has 1 aromatic carbocycles. The number of carboxylic acids is 1. The van der Waals surface area contributed by atoms with Gasteiger partial charge in [0.25, 0.3) is 0 Å². The van der Waals surface area contributed by atoms with Gasteiger partial charge in [-0.05, 0) is 25.1 Å². The topological polar surface area (TPSA) is 37.3 Å². The van der Waals surface area contributed by atoms with E-state index in [0.717, 1.165) is 25.1 Å². The SMILES string of the molecule is CC(F)(C(=O)O)c1cc(F)ccc1Cl. The molecule has 0 heterocycles. The van der Waals surface area contributed by atoms with Gasteiger partial charge >= 0.3 is 5.97 Å². The molecule has 1 atom stereocenters. The van der Waals surface area contributed by atoms with Crippen LogP contribution < -0.4 is 0 Å². The lowest BCUT2D eigenvalue weighted by atomic mass is 9.98. The molecule has 0 spiro atoms. The van der Waals surface area contributed by atoms with Gasteiger partial charge in [-0.25, -0.2) is 13.6 Å². The van der Waals surface area contributed by atoms with E-state index in [2.05, 4.69) is 0 Å². The van der Waals surface area contributed by atoms with E-state index in [9.17, 15) is 13.6 Å². The highest BCUT2D eigenvalue weighted by Crippen LogP contribution is 2.32. The molecule has 0 bridgehead atoms. The monoisotopic (exact) mass is 220 g/mol. The van der Waals surface area contributed by atoms with Gasteiger partial charge in [0.1, 0.15) is 5.82 Å². The van der Waals surface area contributed by atoms with Gasteiger partial charge in [0, 0.05) is 10.6 Å². The largest absolute Gasteiger partial charge is 0.479 e. The van der Waals surface area contributed by atoms with Gasteiger partial charge in [0.2, 0.25) is 5.67 Å². The van der Waals surface area contributed by atoms with Crippen LogP contribution >= 0.6 is 11.6 Å². The van der Waals surface area contributed by atoms with Gasteiger partial charge in [0.05, 0.1) is 0 Å². The van der Waals surface area contributed by atoms with Crippen molar-refractivity contribution in [2.24, 2.45) is 0 Å². The van der Waals surface area contributed by atoms with Gasteiger partial charge in [-0.2, -0.15) is 0 Å². The average Bonchev–Trinajstić information content (AvgIpc) is 2.08. The molecule has 1 rings (SSSR count). The van der Waals surface area contributed by atoms with Crippen molar-refractivity contribution in [2.45, 2.75) is 12.6 Å². The minimum Gasteiger partial charge on any atom is -0.479 e. The van der Waals surface area contributed by atoms with Crippen LogP contribution in [0.15, 0.2) is 18.2 Å². The van der Waals surface area contributed by atoms with Crippen LogP contribution in [-0.2, 0) is 10.5 Å². The van der Waals surface area contributed by atoms with E-state index < -0.39 is 17.5 Å². The van der Waals surface area contributed by atoms with E-state index in [0.29, 0.717) is 0 Å². The molecule has 1 unspecified atom stereocenters. The normalized spacial score (nSPS) is 14.9. The number of hydrogen-bond donors (Lipinski definition) is 1. The Balaban J connectivity index is 3.31. The fraction of sp³-hybridized carbons (Fsp3) is 0.222. The van der Waals surface area contributed by atoms with Crippen LogP contribution in [0.3, 0.4) is 0 Å². The first-order chi connectivity index (χ1) is 6.35. The first kappa shape index (κ1) is 10.9. The Morgan fingerprint density at radius 2 is 2.14 bits per heavy atom. The molecule has 76 valence electrons. The molecule has 0 amide bonds. The first-order valence-corrected chi connectivity index (χ1v) is 4.11. The Morgan fingerprint density at radius 3 is 2.64 bits per heavy atom. The molecule has 0 aromatic heterocycles. The van der Waals surface area contributed by atoms with E-state index in [-0.39, 0.29) is 10.6 Å². The maximum absolute atomic E-state index is 13.5. The van der Waals surface area contributed by atoms with Crippen LogP contribution in [-0.4, -0.2) is 11.1 Å². The predicted octanol–water partition coefficient (Wildman–Crippen LogP) is 2.75. The number of aliphatic carboxylic acids is 1. The van der Waals surface area contributed by atoms with Crippen LogP contribution in [0, 0.1) is 5.82 Å². The lowest BCUT2D eigenvalue weighted by Gasteiger charge is -2.16. The molecule has 0 radical (unpaired) electrons. The summed E-state index contributed by atoms with van der Waals surface area (Å²) in [5.41, 5.74) is -3.06. The second-order valence-electron chi connectivity index (χ2n) is 2.93. The number of halogens is 3. The Kier molecular flexibility index (Phi) is 2.76. The molecule has 1 N–H and O–H groups in total. The quantitative estimate of drug-likeness (QED) is 0.832. The minimum absolute atomic E-state index is 0.112. The second-order valence-corrected chi connectivity index (χ2v) is 3.34. The van der Waals surface area contributed by atoms with Gasteiger partial charge in [-0.3, -0.25) is 0 Å². The molecule has 0 saturated carbocycles. The highest BCUT2D eigenvalue weighted by molar-refractivity contribution is 6.31. The van der Waals surface area contributed by atoms with Crippen LogP contribution in [0.25, 0.3) is 0 Å². The highest BCUT2D eigenvalue weighted by Gasteiger charge is 2.37. The molecular formula is C9H7ClF2O2. The Hall–Kier alpha value is -1.16. The summed E-state index contributed by atoms with van der Waals surface area (Å²) in [7, 11) is 0. The maximum Gasteiger partial charge on any atom is 0.345 e. The Morgan fingerprint density at radius 1 is 1.57 bits per heavy atom. The fourth-order valence-electron chi connectivity index (χ4n) is 0.972.